The average molecular weight is 382 g/mol. The largest absolute Gasteiger partial charge is 0.317 e. The van der Waals surface area contributed by atoms with E-state index < -0.39 is 11.8 Å². The van der Waals surface area contributed by atoms with E-state index in [1.807, 2.05) is 19.9 Å². The molecular formula is C21H23N3O2S. The quantitative estimate of drug-likeness (QED) is 0.505. The summed E-state index contributed by atoms with van der Waals surface area (Å²) < 4.78 is 2.19. The second-order valence-corrected chi connectivity index (χ2v) is 7.17. The average Bonchev–Trinajstić information content (AvgIpc) is 2.90. The standard InChI is InChI=1S/C21H23N3O2S/c1-6-15-9-7-8-12(2)18(15)24-13(3)10-16(14(24)4)11-17-19(25)22-21(27)23(5)20(17)26/h7-11H,6H2,1-5H3,(H,22,25,27). The Bertz CT molecular complexity index is 1000. The molecule has 2 heterocycles. The number of amides is 2. The molecule has 6 heteroatoms. The van der Waals surface area contributed by atoms with Gasteiger partial charge < -0.3 is 4.57 Å². The van der Waals surface area contributed by atoms with E-state index in [4.69, 9.17) is 12.2 Å². The molecule has 0 spiro atoms. The SMILES string of the molecule is CCc1cccc(C)c1-n1c(C)cc(C=C2C(=O)NC(=S)N(C)C2=O)c1C. The highest BCUT2D eigenvalue weighted by molar-refractivity contribution is 7.80. The van der Waals surface area contributed by atoms with Gasteiger partial charge >= 0.3 is 0 Å². The first-order chi connectivity index (χ1) is 12.8. The number of nitrogens with one attached hydrogen (secondary N) is 1. The highest BCUT2D eigenvalue weighted by Crippen LogP contribution is 2.28. The van der Waals surface area contributed by atoms with Gasteiger partial charge in [-0.05, 0) is 68.2 Å². The van der Waals surface area contributed by atoms with Crippen LogP contribution in [-0.2, 0) is 16.0 Å². The van der Waals surface area contributed by atoms with Crippen LogP contribution in [0.15, 0.2) is 29.8 Å². The van der Waals surface area contributed by atoms with Crippen LogP contribution in [0.4, 0.5) is 0 Å². The minimum Gasteiger partial charge on any atom is -0.317 e. The van der Waals surface area contributed by atoms with Crippen LogP contribution in [0.2, 0.25) is 0 Å². The number of hydrogen-bond acceptors (Lipinski definition) is 3. The molecule has 1 N–H and O–H groups in total. The van der Waals surface area contributed by atoms with Crippen molar-refractivity contribution >= 4 is 35.2 Å². The maximum absolute atomic E-state index is 12.5. The van der Waals surface area contributed by atoms with Crippen molar-refractivity contribution in [1.82, 2.24) is 14.8 Å². The molecule has 0 saturated carbocycles. The Morgan fingerprint density at radius 2 is 1.89 bits per heavy atom. The zero-order valence-electron chi connectivity index (χ0n) is 16.2. The summed E-state index contributed by atoms with van der Waals surface area (Å²) in [7, 11) is 1.56. The fraction of sp³-hybridized carbons (Fsp3) is 0.286. The van der Waals surface area contributed by atoms with E-state index in [-0.39, 0.29) is 10.7 Å². The Kier molecular flexibility index (Phi) is 5.02. The lowest BCUT2D eigenvalue weighted by molar-refractivity contribution is -0.128. The van der Waals surface area contributed by atoms with E-state index >= 15 is 0 Å². The summed E-state index contributed by atoms with van der Waals surface area (Å²) in [6, 6.07) is 8.30. The van der Waals surface area contributed by atoms with Crippen LogP contribution < -0.4 is 5.32 Å². The molecule has 0 atom stereocenters. The molecule has 2 aromatic rings. The van der Waals surface area contributed by atoms with Crippen LogP contribution in [0.25, 0.3) is 11.8 Å². The van der Waals surface area contributed by atoms with Crippen LogP contribution in [0, 0.1) is 20.8 Å². The molecule has 0 bridgehead atoms. The van der Waals surface area contributed by atoms with Crippen molar-refractivity contribution in [2.45, 2.75) is 34.1 Å². The molecule has 27 heavy (non-hydrogen) atoms. The van der Waals surface area contributed by atoms with E-state index in [2.05, 4.69) is 41.9 Å². The van der Waals surface area contributed by atoms with Gasteiger partial charge in [0, 0.05) is 18.4 Å². The highest BCUT2D eigenvalue weighted by atomic mass is 32.1. The third-order valence-electron chi connectivity index (χ3n) is 5.00. The van der Waals surface area contributed by atoms with Gasteiger partial charge in [-0.1, -0.05) is 25.1 Å². The number of nitrogens with zero attached hydrogens (tertiary/aromatic N) is 2. The normalized spacial score (nSPS) is 16.3. The number of rotatable bonds is 3. The van der Waals surface area contributed by atoms with Crippen LogP contribution in [0.5, 0.6) is 0 Å². The smallest absolute Gasteiger partial charge is 0.265 e. The maximum Gasteiger partial charge on any atom is 0.265 e. The summed E-state index contributed by atoms with van der Waals surface area (Å²) >= 11 is 5.00. The lowest BCUT2D eigenvalue weighted by atomic mass is 10.0. The molecule has 3 rings (SSSR count). The molecule has 1 aromatic carbocycles. The van der Waals surface area contributed by atoms with E-state index in [0.717, 1.165) is 29.1 Å². The summed E-state index contributed by atoms with van der Waals surface area (Å²) in [5, 5.41) is 2.68. The Balaban J connectivity index is 2.15. The van der Waals surface area contributed by atoms with Gasteiger partial charge in [-0.2, -0.15) is 0 Å². The Hall–Kier alpha value is -2.73. The number of thiocarbonyl (C=S) groups is 1. The number of aryl methyl sites for hydroxylation is 3. The van der Waals surface area contributed by atoms with Crippen LogP contribution in [0.3, 0.4) is 0 Å². The minimum absolute atomic E-state index is 0.0897. The first-order valence-electron chi connectivity index (χ1n) is 8.89. The molecule has 0 aliphatic carbocycles. The predicted octanol–water partition coefficient (Wildman–Crippen LogP) is 3.22. The number of aromatic nitrogens is 1. The fourth-order valence-electron chi connectivity index (χ4n) is 3.50. The van der Waals surface area contributed by atoms with E-state index in [1.54, 1.807) is 13.1 Å². The van der Waals surface area contributed by atoms with E-state index in [9.17, 15) is 9.59 Å². The lowest BCUT2D eigenvalue weighted by Gasteiger charge is -2.25. The van der Waals surface area contributed by atoms with Crippen molar-refractivity contribution in [2.24, 2.45) is 0 Å². The second-order valence-electron chi connectivity index (χ2n) is 6.78. The van der Waals surface area contributed by atoms with Crippen LogP contribution in [0.1, 0.15) is 35.0 Å². The molecule has 1 fully saturated rings. The second kappa shape index (κ2) is 7.12. The third-order valence-corrected chi connectivity index (χ3v) is 5.38. The Morgan fingerprint density at radius 3 is 2.56 bits per heavy atom. The van der Waals surface area contributed by atoms with Gasteiger partial charge in [0.25, 0.3) is 11.8 Å². The number of para-hydroxylation sites is 1. The van der Waals surface area contributed by atoms with Crippen molar-refractivity contribution in [3.8, 4) is 5.69 Å². The summed E-state index contributed by atoms with van der Waals surface area (Å²) in [4.78, 5) is 26.0. The van der Waals surface area contributed by atoms with Gasteiger partial charge in [0.2, 0.25) is 0 Å². The predicted molar refractivity (Wildman–Crippen MR) is 111 cm³/mol. The summed E-state index contributed by atoms with van der Waals surface area (Å²) in [5.41, 5.74) is 6.58. The zero-order chi connectivity index (χ0) is 19.9. The van der Waals surface area contributed by atoms with Crippen LogP contribution >= 0.6 is 12.2 Å². The molecule has 1 saturated heterocycles. The molecule has 0 radical (unpaired) electrons. The van der Waals surface area contributed by atoms with Crippen molar-refractivity contribution in [3.63, 3.8) is 0 Å². The zero-order valence-corrected chi connectivity index (χ0v) is 17.0. The van der Waals surface area contributed by atoms with Crippen molar-refractivity contribution in [1.29, 1.82) is 0 Å². The lowest BCUT2D eigenvalue weighted by Crippen LogP contribution is -2.52. The molecule has 140 valence electrons. The molecule has 1 aromatic heterocycles. The number of benzene rings is 1. The molecule has 2 amide bonds. The van der Waals surface area contributed by atoms with Gasteiger partial charge in [-0.3, -0.25) is 19.8 Å². The van der Waals surface area contributed by atoms with Crippen molar-refractivity contribution < 1.29 is 9.59 Å². The number of likely N-dealkylation sites (N-methyl/N-ethyl adjacent to an activating group) is 1. The highest BCUT2D eigenvalue weighted by Gasteiger charge is 2.31. The third kappa shape index (κ3) is 3.21. The monoisotopic (exact) mass is 381 g/mol. The van der Waals surface area contributed by atoms with Crippen molar-refractivity contribution in [2.75, 3.05) is 7.05 Å². The van der Waals surface area contributed by atoms with Gasteiger partial charge in [0.05, 0.1) is 5.69 Å². The molecule has 5 nitrogen and oxygen atoms in total. The molecular weight excluding hydrogens is 358 g/mol. The Morgan fingerprint density at radius 1 is 1.19 bits per heavy atom. The summed E-state index contributed by atoms with van der Waals surface area (Å²) in [5.74, 6) is -0.850. The molecule has 1 aliphatic heterocycles. The topological polar surface area (TPSA) is 54.3 Å². The summed E-state index contributed by atoms with van der Waals surface area (Å²) in [6.45, 7) is 8.27. The van der Waals surface area contributed by atoms with E-state index in [0.29, 0.717) is 0 Å². The first-order valence-corrected chi connectivity index (χ1v) is 9.30. The van der Waals surface area contributed by atoms with Gasteiger partial charge in [-0.15, -0.1) is 0 Å². The van der Waals surface area contributed by atoms with Gasteiger partial charge in [-0.25, -0.2) is 0 Å². The molecule has 1 aliphatic rings. The Labute approximate surface area is 164 Å². The van der Waals surface area contributed by atoms with Crippen molar-refractivity contribution in [3.05, 3.63) is 57.9 Å². The number of carbonyl (C=O) groups excluding carboxylic acids is 2. The van der Waals surface area contributed by atoms with Gasteiger partial charge in [0.15, 0.2) is 5.11 Å². The maximum atomic E-state index is 12.5. The first kappa shape index (κ1) is 19.0. The van der Waals surface area contributed by atoms with Crippen LogP contribution in [-0.4, -0.2) is 33.4 Å². The van der Waals surface area contributed by atoms with Gasteiger partial charge in [0.1, 0.15) is 5.57 Å². The summed E-state index contributed by atoms with van der Waals surface area (Å²) in [6.07, 6.45) is 2.58. The number of carbonyl (C=O) groups is 2. The fourth-order valence-corrected chi connectivity index (χ4v) is 3.68. The van der Waals surface area contributed by atoms with E-state index in [1.165, 1.54) is 16.0 Å². The molecule has 0 unspecified atom stereocenters. The number of hydrogen-bond donors (Lipinski definition) is 1. The minimum atomic E-state index is -0.460.